The molecule has 3 aromatic rings. The fourth-order valence-electron chi connectivity index (χ4n) is 2.79. The first-order valence-electron chi connectivity index (χ1n) is 7.78. The molecule has 0 N–H and O–H groups in total. The Hall–Kier alpha value is -2.80. The van der Waals surface area contributed by atoms with Crippen LogP contribution in [0.4, 0.5) is 13.2 Å². The molecular weight excluding hydrogens is 383 g/mol. The van der Waals surface area contributed by atoms with Gasteiger partial charge >= 0.3 is 12.1 Å². The van der Waals surface area contributed by atoms with Gasteiger partial charge in [-0.15, -0.1) is 0 Å². The minimum atomic E-state index is -5.00. The molecule has 4 nitrogen and oxygen atoms in total. The second-order valence-electron chi connectivity index (χ2n) is 5.85. The topological polar surface area (TPSA) is 48.3 Å². The predicted octanol–water partition coefficient (Wildman–Crippen LogP) is 4.87. The molecule has 0 aliphatic carbocycles. The van der Waals surface area contributed by atoms with E-state index in [-0.39, 0.29) is 17.5 Å². The van der Waals surface area contributed by atoms with Crippen LogP contribution in [-0.2, 0) is 11.3 Å². The van der Waals surface area contributed by atoms with Crippen molar-refractivity contribution in [3.8, 4) is 0 Å². The van der Waals surface area contributed by atoms with Gasteiger partial charge in [-0.3, -0.25) is 4.79 Å². The lowest BCUT2D eigenvalue weighted by Gasteiger charge is -2.07. The Morgan fingerprint density at radius 2 is 1.78 bits per heavy atom. The van der Waals surface area contributed by atoms with Gasteiger partial charge in [0.05, 0.1) is 18.2 Å². The molecule has 1 heterocycles. The van der Waals surface area contributed by atoms with Gasteiger partial charge in [0, 0.05) is 28.7 Å². The summed E-state index contributed by atoms with van der Waals surface area (Å²) in [6, 6.07) is 10.8. The van der Waals surface area contributed by atoms with Gasteiger partial charge in [0.2, 0.25) is 0 Å². The number of ketones is 1. The molecule has 0 aliphatic heterocycles. The van der Waals surface area contributed by atoms with Crippen LogP contribution >= 0.6 is 11.6 Å². The van der Waals surface area contributed by atoms with Crippen LogP contribution in [0.25, 0.3) is 10.9 Å². The molecule has 0 bridgehead atoms. The minimum absolute atomic E-state index is 0.110. The Balaban J connectivity index is 2.16. The highest BCUT2D eigenvalue weighted by atomic mass is 35.5. The number of ether oxygens (including phenoxy) is 1. The first-order chi connectivity index (χ1) is 12.7. The van der Waals surface area contributed by atoms with E-state index in [0.29, 0.717) is 10.5 Å². The highest BCUT2D eigenvalue weighted by Gasteiger charge is 2.40. The summed E-state index contributed by atoms with van der Waals surface area (Å²) in [7, 11) is 1.21. The number of benzene rings is 2. The molecule has 0 spiro atoms. The maximum atomic E-state index is 13.0. The molecule has 0 fully saturated rings. The van der Waals surface area contributed by atoms with Crippen molar-refractivity contribution < 1.29 is 27.5 Å². The molecule has 0 amide bonds. The van der Waals surface area contributed by atoms with Gasteiger partial charge in [-0.2, -0.15) is 13.2 Å². The molecule has 0 aliphatic rings. The molecule has 140 valence electrons. The summed E-state index contributed by atoms with van der Waals surface area (Å²) in [5.74, 6) is -2.56. The number of fused-ring (bicyclic) bond motifs is 1. The van der Waals surface area contributed by atoms with E-state index < -0.39 is 23.5 Å². The first-order valence-corrected chi connectivity index (χ1v) is 8.15. The molecule has 8 heteroatoms. The number of hydrogen-bond acceptors (Lipinski definition) is 3. The Bertz CT molecular complexity index is 1020. The third-order valence-electron chi connectivity index (χ3n) is 4.07. The van der Waals surface area contributed by atoms with E-state index in [1.807, 2.05) is 0 Å². The average Bonchev–Trinajstić information content (AvgIpc) is 2.99. The van der Waals surface area contributed by atoms with E-state index in [4.69, 9.17) is 11.6 Å². The monoisotopic (exact) mass is 395 g/mol. The van der Waals surface area contributed by atoms with E-state index in [1.54, 1.807) is 24.3 Å². The number of halogens is 4. The number of carbonyl (C=O) groups is 2. The Morgan fingerprint density at radius 1 is 1.11 bits per heavy atom. The van der Waals surface area contributed by atoms with Crippen molar-refractivity contribution in [3.05, 3.63) is 70.4 Å². The highest BCUT2D eigenvalue weighted by molar-refractivity contribution is 6.30. The number of nitrogens with zero attached hydrogens (tertiary/aromatic N) is 1. The van der Waals surface area contributed by atoms with Gasteiger partial charge < -0.3 is 9.30 Å². The number of aromatic nitrogens is 1. The zero-order valence-electron chi connectivity index (χ0n) is 14.0. The summed E-state index contributed by atoms with van der Waals surface area (Å²) in [6.07, 6.45) is -3.85. The van der Waals surface area contributed by atoms with Gasteiger partial charge in [-0.05, 0) is 29.8 Å². The summed E-state index contributed by atoms with van der Waals surface area (Å²) < 4.78 is 45.0. The molecule has 0 saturated heterocycles. The fraction of sp³-hybridized carbons (Fsp3) is 0.158. The van der Waals surface area contributed by atoms with E-state index in [9.17, 15) is 22.8 Å². The molecule has 0 saturated carbocycles. The van der Waals surface area contributed by atoms with Crippen LogP contribution in [0.2, 0.25) is 5.02 Å². The van der Waals surface area contributed by atoms with Crippen LogP contribution in [0.3, 0.4) is 0 Å². The molecular formula is C19H13ClF3NO3. The number of carbonyl (C=O) groups excluding carboxylic acids is 2. The van der Waals surface area contributed by atoms with Crippen molar-refractivity contribution in [1.29, 1.82) is 0 Å². The molecule has 3 rings (SSSR count). The maximum Gasteiger partial charge on any atom is 0.454 e. The Labute approximate surface area is 157 Å². The van der Waals surface area contributed by atoms with Crippen LogP contribution in [-0.4, -0.2) is 29.6 Å². The smallest absolute Gasteiger partial charge is 0.454 e. The summed E-state index contributed by atoms with van der Waals surface area (Å²) in [5.41, 5.74) is 0.792. The van der Waals surface area contributed by atoms with Gasteiger partial charge in [-0.1, -0.05) is 29.8 Å². The van der Waals surface area contributed by atoms with Crippen molar-refractivity contribution in [2.45, 2.75) is 12.7 Å². The van der Waals surface area contributed by atoms with E-state index in [1.165, 1.54) is 29.9 Å². The van der Waals surface area contributed by atoms with Gasteiger partial charge in [0.15, 0.2) is 0 Å². The summed E-state index contributed by atoms with van der Waals surface area (Å²) >= 11 is 5.85. The molecule has 27 heavy (non-hydrogen) atoms. The van der Waals surface area contributed by atoms with Gasteiger partial charge in [0.1, 0.15) is 0 Å². The number of esters is 1. The largest absolute Gasteiger partial charge is 0.465 e. The summed E-state index contributed by atoms with van der Waals surface area (Å²) in [6.45, 7) is 0.198. The fourth-order valence-corrected chi connectivity index (χ4v) is 2.91. The molecule has 2 aromatic carbocycles. The SMILES string of the molecule is COC(=O)c1ccc2c(C(=O)C(F)(F)F)cn(Cc3ccc(Cl)cc3)c2c1. The third kappa shape index (κ3) is 3.83. The van der Waals surface area contributed by atoms with Crippen molar-refractivity contribution in [3.63, 3.8) is 0 Å². The van der Waals surface area contributed by atoms with Crippen LogP contribution in [0.5, 0.6) is 0 Å². The van der Waals surface area contributed by atoms with Crippen molar-refractivity contribution >= 4 is 34.3 Å². The summed E-state index contributed by atoms with van der Waals surface area (Å²) in [4.78, 5) is 23.6. The highest BCUT2D eigenvalue weighted by Crippen LogP contribution is 2.30. The zero-order valence-corrected chi connectivity index (χ0v) is 14.8. The van der Waals surface area contributed by atoms with Crippen LogP contribution < -0.4 is 0 Å². The number of rotatable bonds is 4. The van der Waals surface area contributed by atoms with Crippen molar-refractivity contribution in [1.82, 2.24) is 4.57 Å². The Morgan fingerprint density at radius 3 is 2.37 bits per heavy atom. The molecule has 0 atom stereocenters. The Kier molecular flexibility index (Phi) is 4.97. The molecule has 1 aromatic heterocycles. The molecule has 0 radical (unpaired) electrons. The second kappa shape index (κ2) is 7.08. The number of hydrogen-bond donors (Lipinski definition) is 0. The normalized spacial score (nSPS) is 11.6. The second-order valence-corrected chi connectivity index (χ2v) is 6.28. The lowest BCUT2D eigenvalue weighted by atomic mass is 10.1. The standard InChI is InChI=1S/C19H13ClF3NO3/c1-27-18(26)12-4-7-14-15(17(25)19(21,22)23)10-24(16(14)8-12)9-11-2-5-13(20)6-3-11/h2-8,10H,9H2,1H3. The predicted molar refractivity (Wildman–Crippen MR) is 94.2 cm³/mol. The molecule has 0 unspecified atom stereocenters. The van der Waals surface area contributed by atoms with Crippen LogP contribution in [0.15, 0.2) is 48.7 Å². The van der Waals surface area contributed by atoms with Gasteiger partial charge in [0.25, 0.3) is 5.78 Å². The van der Waals surface area contributed by atoms with Crippen molar-refractivity contribution in [2.24, 2.45) is 0 Å². The van der Waals surface area contributed by atoms with Crippen LogP contribution in [0.1, 0.15) is 26.3 Å². The van der Waals surface area contributed by atoms with E-state index >= 15 is 0 Å². The van der Waals surface area contributed by atoms with E-state index in [0.717, 1.165) is 11.8 Å². The lowest BCUT2D eigenvalue weighted by Crippen LogP contribution is -2.22. The number of methoxy groups -OCH3 is 1. The van der Waals surface area contributed by atoms with Crippen LogP contribution in [0, 0.1) is 0 Å². The zero-order chi connectivity index (χ0) is 19.8. The lowest BCUT2D eigenvalue weighted by molar-refractivity contribution is -0.0884. The van der Waals surface area contributed by atoms with E-state index in [2.05, 4.69) is 4.74 Å². The minimum Gasteiger partial charge on any atom is -0.465 e. The van der Waals surface area contributed by atoms with Gasteiger partial charge in [-0.25, -0.2) is 4.79 Å². The third-order valence-corrected chi connectivity index (χ3v) is 4.32. The maximum absolute atomic E-state index is 13.0. The number of alkyl halides is 3. The average molecular weight is 396 g/mol. The quantitative estimate of drug-likeness (QED) is 0.467. The van der Waals surface area contributed by atoms with Crippen molar-refractivity contribution in [2.75, 3.05) is 7.11 Å². The first kappa shape index (κ1) is 19.0. The summed E-state index contributed by atoms with van der Waals surface area (Å²) in [5, 5.41) is 0.635. The number of Topliss-reactive ketones (excluding diaryl/α,β-unsaturated/α-hetero) is 1.